The summed E-state index contributed by atoms with van der Waals surface area (Å²) in [5.74, 6) is -1.18. The van der Waals surface area contributed by atoms with Gasteiger partial charge in [-0.25, -0.2) is 4.79 Å². The predicted molar refractivity (Wildman–Crippen MR) is 76.3 cm³/mol. The van der Waals surface area contributed by atoms with Crippen molar-refractivity contribution >= 4 is 23.5 Å². The molecular formula is C15H16ClNO4. The molecule has 0 radical (unpaired) electrons. The van der Waals surface area contributed by atoms with Crippen LogP contribution in [0, 0.1) is 5.92 Å². The molecule has 5 nitrogen and oxygen atoms in total. The molecule has 21 heavy (non-hydrogen) atoms. The van der Waals surface area contributed by atoms with Gasteiger partial charge in [0.2, 0.25) is 5.91 Å². The Bertz CT molecular complexity index is 577. The molecule has 1 N–H and O–H groups in total. The van der Waals surface area contributed by atoms with Crippen LogP contribution in [0.25, 0.3) is 0 Å². The van der Waals surface area contributed by atoms with Crippen molar-refractivity contribution in [3.63, 3.8) is 0 Å². The van der Waals surface area contributed by atoms with Crippen molar-refractivity contribution in [2.75, 3.05) is 19.8 Å². The van der Waals surface area contributed by atoms with Gasteiger partial charge in [0.15, 0.2) is 6.04 Å². The molecule has 6 heteroatoms. The van der Waals surface area contributed by atoms with Gasteiger partial charge in [0.1, 0.15) is 0 Å². The highest BCUT2D eigenvalue weighted by Crippen LogP contribution is 2.50. The van der Waals surface area contributed by atoms with Crippen molar-refractivity contribution in [1.82, 2.24) is 4.90 Å². The maximum absolute atomic E-state index is 12.5. The lowest BCUT2D eigenvalue weighted by Gasteiger charge is -2.33. The van der Waals surface area contributed by atoms with E-state index in [4.69, 9.17) is 16.3 Å². The van der Waals surface area contributed by atoms with Crippen LogP contribution in [0.2, 0.25) is 5.02 Å². The fraction of sp³-hybridized carbons (Fsp3) is 0.467. The summed E-state index contributed by atoms with van der Waals surface area (Å²) in [6.45, 7) is 0.783. The lowest BCUT2D eigenvalue weighted by Crippen LogP contribution is -2.53. The zero-order valence-electron chi connectivity index (χ0n) is 11.4. The minimum Gasteiger partial charge on any atom is -0.480 e. The average molecular weight is 310 g/mol. The van der Waals surface area contributed by atoms with E-state index >= 15 is 0 Å². The van der Waals surface area contributed by atoms with Gasteiger partial charge in [0.05, 0.1) is 13.2 Å². The topological polar surface area (TPSA) is 66.8 Å². The van der Waals surface area contributed by atoms with Crippen molar-refractivity contribution in [3.05, 3.63) is 34.9 Å². The molecule has 0 unspecified atom stereocenters. The lowest BCUT2D eigenvalue weighted by molar-refractivity contribution is -0.158. The number of hydrogen-bond donors (Lipinski definition) is 1. The monoisotopic (exact) mass is 309 g/mol. The molecule has 112 valence electrons. The van der Waals surface area contributed by atoms with Crippen LogP contribution in [-0.4, -0.2) is 47.7 Å². The number of amides is 1. The fourth-order valence-electron chi connectivity index (χ4n) is 2.87. The van der Waals surface area contributed by atoms with E-state index in [1.807, 2.05) is 24.3 Å². The molecule has 1 saturated heterocycles. The van der Waals surface area contributed by atoms with E-state index in [1.54, 1.807) is 0 Å². The summed E-state index contributed by atoms with van der Waals surface area (Å²) in [6.07, 6.45) is 0.728. The zero-order chi connectivity index (χ0) is 15.0. The number of hydrogen-bond acceptors (Lipinski definition) is 3. The Morgan fingerprint density at radius 3 is 2.81 bits per heavy atom. The van der Waals surface area contributed by atoms with Crippen molar-refractivity contribution in [2.24, 2.45) is 5.92 Å². The molecular weight excluding hydrogens is 294 g/mol. The number of carbonyl (C=O) groups excluding carboxylic acids is 1. The SMILES string of the molecule is O=C(O)[C@@H]1COCCN1C(=O)[C@@H]1C[C@H]1c1ccccc1Cl. The first-order valence-corrected chi connectivity index (χ1v) is 7.33. The van der Waals surface area contributed by atoms with Crippen molar-refractivity contribution in [3.8, 4) is 0 Å². The summed E-state index contributed by atoms with van der Waals surface area (Å²) < 4.78 is 5.16. The molecule has 3 rings (SSSR count). The molecule has 1 aliphatic heterocycles. The van der Waals surface area contributed by atoms with E-state index in [-0.39, 0.29) is 24.3 Å². The van der Waals surface area contributed by atoms with Crippen molar-refractivity contribution < 1.29 is 19.4 Å². The van der Waals surface area contributed by atoms with Gasteiger partial charge in [-0.3, -0.25) is 4.79 Å². The van der Waals surface area contributed by atoms with Crippen LogP contribution < -0.4 is 0 Å². The smallest absolute Gasteiger partial charge is 0.328 e. The second kappa shape index (κ2) is 5.66. The highest BCUT2D eigenvalue weighted by Gasteiger charge is 2.48. The predicted octanol–water partition coefficient (Wildman–Crippen LogP) is 1.76. The van der Waals surface area contributed by atoms with Crippen molar-refractivity contribution in [1.29, 1.82) is 0 Å². The number of benzene rings is 1. The first kappa shape index (κ1) is 14.4. The minimum atomic E-state index is -1.02. The molecule has 0 aromatic heterocycles. The first-order valence-electron chi connectivity index (χ1n) is 6.95. The molecule has 2 fully saturated rings. The molecule has 0 bridgehead atoms. The Morgan fingerprint density at radius 1 is 1.33 bits per heavy atom. The number of carboxylic acid groups (broad SMARTS) is 1. The molecule has 1 aliphatic carbocycles. The molecule has 3 atom stereocenters. The Labute approximate surface area is 127 Å². The summed E-state index contributed by atoms with van der Waals surface area (Å²) in [6, 6.07) is 6.61. The second-order valence-electron chi connectivity index (χ2n) is 5.43. The Hall–Kier alpha value is -1.59. The normalized spacial score (nSPS) is 28.2. The van der Waals surface area contributed by atoms with E-state index in [0.29, 0.717) is 18.2 Å². The number of nitrogens with zero attached hydrogens (tertiary/aromatic N) is 1. The molecule has 1 amide bonds. The average Bonchev–Trinajstić information content (AvgIpc) is 3.27. The third kappa shape index (κ3) is 2.76. The van der Waals surface area contributed by atoms with E-state index < -0.39 is 12.0 Å². The molecule has 1 aromatic carbocycles. The van der Waals surface area contributed by atoms with E-state index in [2.05, 4.69) is 0 Å². The number of halogens is 1. The lowest BCUT2D eigenvalue weighted by atomic mass is 10.1. The maximum Gasteiger partial charge on any atom is 0.328 e. The summed E-state index contributed by atoms with van der Waals surface area (Å²) in [5.41, 5.74) is 0.970. The largest absolute Gasteiger partial charge is 0.480 e. The van der Waals surface area contributed by atoms with Gasteiger partial charge >= 0.3 is 5.97 Å². The number of aliphatic carboxylic acids is 1. The minimum absolute atomic E-state index is 0.0601. The van der Waals surface area contributed by atoms with Crippen LogP contribution in [0.3, 0.4) is 0 Å². The van der Waals surface area contributed by atoms with E-state index in [1.165, 1.54) is 4.90 Å². The Balaban J connectivity index is 1.72. The molecule has 2 aliphatic rings. The number of morpholine rings is 1. The summed E-state index contributed by atoms with van der Waals surface area (Å²) >= 11 is 6.16. The zero-order valence-corrected chi connectivity index (χ0v) is 12.1. The van der Waals surface area contributed by atoms with Crippen LogP contribution in [0.15, 0.2) is 24.3 Å². The third-order valence-electron chi connectivity index (χ3n) is 4.11. The quantitative estimate of drug-likeness (QED) is 0.924. The van der Waals surface area contributed by atoms with E-state index in [0.717, 1.165) is 12.0 Å². The number of carboxylic acids is 1. The first-order chi connectivity index (χ1) is 10.1. The van der Waals surface area contributed by atoms with Crippen molar-refractivity contribution in [2.45, 2.75) is 18.4 Å². The van der Waals surface area contributed by atoms with Crippen LogP contribution in [0.5, 0.6) is 0 Å². The highest BCUT2D eigenvalue weighted by molar-refractivity contribution is 6.31. The van der Waals surface area contributed by atoms with Crippen LogP contribution >= 0.6 is 11.6 Å². The molecule has 1 aromatic rings. The maximum atomic E-state index is 12.5. The van der Waals surface area contributed by atoms with E-state index in [9.17, 15) is 14.7 Å². The summed E-state index contributed by atoms with van der Waals surface area (Å²) in [4.78, 5) is 25.2. The van der Waals surface area contributed by atoms with Gasteiger partial charge in [-0.15, -0.1) is 0 Å². The summed E-state index contributed by atoms with van der Waals surface area (Å²) in [5, 5.41) is 9.85. The summed E-state index contributed by atoms with van der Waals surface area (Å²) in [7, 11) is 0. The number of ether oxygens (including phenoxy) is 1. The van der Waals surface area contributed by atoms with Crippen LogP contribution in [0.1, 0.15) is 17.9 Å². The van der Waals surface area contributed by atoms with Crippen LogP contribution in [-0.2, 0) is 14.3 Å². The second-order valence-corrected chi connectivity index (χ2v) is 5.84. The van der Waals surface area contributed by atoms with Gasteiger partial charge in [0.25, 0.3) is 0 Å². The van der Waals surface area contributed by atoms with Gasteiger partial charge in [0, 0.05) is 17.5 Å². The van der Waals surface area contributed by atoms with Crippen LogP contribution in [0.4, 0.5) is 0 Å². The van der Waals surface area contributed by atoms with Gasteiger partial charge in [-0.05, 0) is 24.0 Å². The number of rotatable bonds is 3. The molecule has 1 saturated carbocycles. The Morgan fingerprint density at radius 2 is 2.10 bits per heavy atom. The van der Waals surface area contributed by atoms with Gasteiger partial charge in [-0.1, -0.05) is 29.8 Å². The highest BCUT2D eigenvalue weighted by atomic mass is 35.5. The standard InChI is InChI=1S/C15H16ClNO4/c16-12-4-2-1-3-9(12)10-7-11(10)14(18)17-5-6-21-8-13(17)15(19)20/h1-4,10-11,13H,5-8H2,(H,19,20)/t10-,11+,13-/m0/s1. The molecule has 0 spiro atoms. The number of carbonyl (C=O) groups is 2. The Kier molecular flexibility index (Phi) is 3.87. The third-order valence-corrected chi connectivity index (χ3v) is 4.45. The fourth-order valence-corrected chi connectivity index (χ4v) is 3.15. The van der Waals surface area contributed by atoms with Gasteiger partial charge in [-0.2, -0.15) is 0 Å². The van der Waals surface area contributed by atoms with Gasteiger partial charge < -0.3 is 14.7 Å². The molecule has 1 heterocycles.